The molecule has 3 aromatic rings. The maximum atomic E-state index is 11.2. The van der Waals surface area contributed by atoms with E-state index in [0.29, 0.717) is 44.3 Å². The van der Waals surface area contributed by atoms with Crippen molar-refractivity contribution in [1.29, 1.82) is 0 Å². The lowest BCUT2D eigenvalue weighted by Gasteiger charge is -2.30. The fourth-order valence-corrected chi connectivity index (χ4v) is 4.16. The van der Waals surface area contributed by atoms with Crippen LogP contribution >= 0.6 is 0 Å². The quantitative estimate of drug-likeness (QED) is 0.476. The van der Waals surface area contributed by atoms with Crippen LogP contribution in [0.4, 0.5) is 0 Å². The Kier molecular flexibility index (Phi) is 8.28. The number of aliphatic hydroxyl groups is 1. The number of hydrogen-bond donors (Lipinski definition) is 1. The summed E-state index contributed by atoms with van der Waals surface area (Å²) >= 11 is 0. The molecular weight excluding hydrogens is 446 g/mol. The summed E-state index contributed by atoms with van der Waals surface area (Å²) in [5, 5.41) is 11.2. The second-order valence-corrected chi connectivity index (χ2v) is 9.09. The van der Waals surface area contributed by atoms with Crippen LogP contribution in [-0.4, -0.2) is 71.8 Å². The molecule has 8 heteroatoms. The molecule has 0 aliphatic carbocycles. The summed E-state index contributed by atoms with van der Waals surface area (Å²) in [5.74, 6) is 3.09. The zero-order valence-corrected chi connectivity index (χ0v) is 20.8. The maximum absolute atomic E-state index is 11.2. The molecule has 0 saturated carbocycles. The minimum absolute atomic E-state index is 0.164. The summed E-state index contributed by atoms with van der Waals surface area (Å²) in [7, 11) is 1.64. The number of nitrogens with zero attached hydrogens (tertiary/aromatic N) is 3. The second-order valence-electron chi connectivity index (χ2n) is 9.09. The van der Waals surface area contributed by atoms with Crippen molar-refractivity contribution in [2.75, 3.05) is 46.6 Å². The molecule has 1 saturated heterocycles. The Labute approximate surface area is 207 Å². The van der Waals surface area contributed by atoms with Gasteiger partial charge < -0.3 is 28.6 Å². The van der Waals surface area contributed by atoms with Gasteiger partial charge in [0, 0.05) is 32.0 Å². The van der Waals surface area contributed by atoms with Gasteiger partial charge in [0.15, 0.2) is 11.5 Å². The molecule has 1 atom stereocenters. The Hall–Kier alpha value is -3.07. The van der Waals surface area contributed by atoms with Gasteiger partial charge in [-0.2, -0.15) is 0 Å². The first kappa shape index (κ1) is 25.0. The molecule has 0 unspecified atom stereocenters. The third kappa shape index (κ3) is 6.97. The van der Waals surface area contributed by atoms with E-state index in [4.69, 9.17) is 18.9 Å². The summed E-state index contributed by atoms with van der Waals surface area (Å²) in [6, 6.07) is 13.8. The van der Waals surface area contributed by atoms with Gasteiger partial charge in [0.25, 0.3) is 0 Å². The van der Waals surface area contributed by atoms with Gasteiger partial charge in [0.2, 0.25) is 0 Å². The van der Waals surface area contributed by atoms with Crippen LogP contribution in [0, 0.1) is 13.8 Å². The van der Waals surface area contributed by atoms with Gasteiger partial charge in [-0.15, -0.1) is 0 Å². The normalized spacial score (nSPS) is 18.7. The summed E-state index contributed by atoms with van der Waals surface area (Å²) in [6.45, 7) is 7.98. The first-order valence-electron chi connectivity index (χ1n) is 11.9. The van der Waals surface area contributed by atoms with Crippen molar-refractivity contribution in [2.24, 2.45) is 0 Å². The SMILES string of the molecule is COc1ccc(CN2CCOC[C@](O)(COc3ccc(C)cc3)C2)cc1OCCn1ccnc1C. The van der Waals surface area contributed by atoms with Crippen LogP contribution in [0.1, 0.15) is 17.0 Å². The van der Waals surface area contributed by atoms with Crippen LogP contribution in [0.15, 0.2) is 54.9 Å². The second kappa shape index (κ2) is 11.6. The van der Waals surface area contributed by atoms with Gasteiger partial charge in [-0.3, -0.25) is 4.90 Å². The largest absolute Gasteiger partial charge is 0.493 e. The van der Waals surface area contributed by atoms with Crippen LogP contribution in [0.25, 0.3) is 0 Å². The Morgan fingerprint density at radius 2 is 1.91 bits per heavy atom. The van der Waals surface area contributed by atoms with Crippen LogP contribution in [0.2, 0.25) is 0 Å². The van der Waals surface area contributed by atoms with Crippen molar-refractivity contribution in [3.63, 3.8) is 0 Å². The van der Waals surface area contributed by atoms with E-state index in [9.17, 15) is 5.11 Å². The lowest BCUT2D eigenvalue weighted by atomic mass is 10.1. The first-order valence-corrected chi connectivity index (χ1v) is 11.9. The van der Waals surface area contributed by atoms with Gasteiger partial charge in [-0.25, -0.2) is 4.98 Å². The molecule has 1 aliphatic rings. The predicted molar refractivity (Wildman–Crippen MR) is 133 cm³/mol. The van der Waals surface area contributed by atoms with Gasteiger partial charge in [0.1, 0.15) is 30.4 Å². The lowest BCUT2D eigenvalue weighted by molar-refractivity contribution is -0.0646. The first-order chi connectivity index (χ1) is 16.9. The van der Waals surface area contributed by atoms with Gasteiger partial charge in [-0.1, -0.05) is 23.8 Å². The number of hydrogen-bond acceptors (Lipinski definition) is 7. The molecule has 35 heavy (non-hydrogen) atoms. The molecule has 188 valence electrons. The van der Waals surface area contributed by atoms with E-state index in [0.717, 1.165) is 23.7 Å². The van der Waals surface area contributed by atoms with E-state index in [2.05, 4.69) is 9.88 Å². The van der Waals surface area contributed by atoms with Crippen molar-refractivity contribution in [3.05, 3.63) is 71.8 Å². The van der Waals surface area contributed by atoms with Crippen molar-refractivity contribution in [1.82, 2.24) is 14.5 Å². The third-order valence-corrected chi connectivity index (χ3v) is 6.12. The Balaban J connectivity index is 1.37. The van der Waals surface area contributed by atoms with Crippen molar-refractivity contribution < 1.29 is 24.1 Å². The van der Waals surface area contributed by atoms with E-state index < -0.39 is 5.60 Å². The van der Waals surface area contributed by atoms with E-state index in [1.54, 1.807) is 13.3 Å². The van der Waals surface area contributed by atoms with E-state index in [1.165, 1.54) is 5.56 Å². The molecule has 1 aliphatic heterocycles. The number of aromatic nitrogens is 2. The van der Waals surface area contributed by atoms with Crippen molar-refractivity contribution in [2.45, 2.75) is 32.5 Å². The van der Waals surface area contributed by atoms with Crippen molar-refractivity contribution in [3.8, 4) is 17.2 Å². The van der Waals surface area contributed by atoms with Crippen LogP contribution in [0.3, 0.4) is 0 Å². The van der Waals surface area contributed by atoms with Crippen molar-refractivity contribution >= 4 is 0 Å². The molecule has 2 heterocycles. The molecule has 8 nitrogen and oxygen atoms in total. The highest BCUT2D eigenvalue weighted by Crippen LogP contribution is 2.29. The minimum atomic E-state index is -1.10. The van der Waals surface area contributed by atoms with Gasteiger partial charge in [0.05, 0.1) is 26.9 Å². The number of ether oxygens (including phenoxy) is 4. The molecule has 0 radical (unpaired) electrons. The van der Waals surface area contributed by atoms with E-state index in [-0.39, 0.29) is 13.2 Å². The monoisotopic (exact) mass is 481 g/mol. The Morgan fingerprint density at radius 1 is 1.09 bits per heavy atom. The summed E-state index contributed by atoms with van der Waals surface area (Å²) in [5.41, 5.74) is 1.14. The number of methoxy groups -OCH3 is 1. The molecule has 4 rings (SSSR count). The summed E-state index contributed by atoms with van der Waals surface area (Å²) in [6.07, 6.45) is 3.73. The highest BCUT2D eigenvalue weighted by atomic mass is 16.5. The molecule has 1 fully saturated rings. The average Bonchev–Trinajstić information content (AvgIpc) is 3.16. The Morgan fingerprint density at radius 3 is 2.66 bits per heavy atom. The number of rotatable bonds is 10. The van der Waals surface area contributed by atoms with E-state index in [1.807, 2.05) is 67.1 Å². The lowest BCUT2D eigenvalue weighted by Crippen LogP contribution is -2.48. The number of imidazole rings is 1. The molecular formula is C27H35N3O5. The van der Waals surface area contributed by atoms with Gasteiger partial charge >= 0.3 is 0 Å². The standard InChI is InChI=1S/C27H35N3O5/c1-21-4-7-24(8-5-21)35-20-27(31)18-29(12-14-33-19-27)17-23-6-9-25(32-3)26(16-23)34-15-13-30-11-10-28-22(30)2/h4-11,16,31H,12-15,17-20H2,1-3H3/t27-/m0/s1. The minimum Gasteiger partial charge on any atom is -0.493 e. The molecule has 2 aromatic carbocycles. The average molecular weight is 482 g/mol. The summed E-state index contributed by atoms with van der Waals surface area (Å²) in [4.78, 5) is 6.43. The third-order valence-electron chi connectivity index (χ3n) is 6.12. The highest BCUT2D eigenvalue weighted by Gasteiger charge is 2.33. The van der Waals surface area contributed by atoms with Gasteiger partial charge in [-0.05, 0) is 43.7 Å². The summed E-state index contributed by atoms with van der Waals surface area (Å²) < 4.78 is 25.2. The fourth-order valence-electron chi connectivity index (χ4n) is 4.16. The molecule has 0 bridgehead atoms. The van der Waals surface area contributed by atoms with Crippen LogP contribution in [-0.2, 0) is 17.8 Å². The number of β-amino-alcohol motifs (C(OH)–C–C–N with tert-alkyl or cyclic N) is 1. The highest BCUT2D eigenvalue weighted by molar-refractivity contribution is 5.43. The maximum Gasteiger partial charge on any atom is 0.161 e. The number of benzene rings is 2. The zero-order chi connectivity index (χ0) is 24.7. The molecule has 0 spiro atoms. The Bertz CT molecular complexity index is 1080. The van der Waals surface area contributed by atoms with Crippen LogP contribution in [0.5, 0.6) is 17.2 Å². The van der Waals surface area contributed by atoms with Crippen LogP contribution < -0.4 is 14.2 Å². The smallest absolute Gasteiger partial charge is 0.161 e. The number of aryl methyl sites for hydroxylation is 2. The molecule has 1 aromatic heterocycles. The zero-order valence-electron chi connectivity index (χ0n) is 20.8. The topological polar surface area (TPSA) is 78.2 Å². The van der Waals surface area contributed by atoms with E-state index >= 15 is 0 Å². The fraction of sp³-hybridized carbons (Fsp3) is 0.444. The molecule has 0 amide bonds. The predicted octanol–water partition coefficient (Wildman–Crippen LogP) is 3.23. The molecule has 1 N–H and O–H groups in total.